The first kappa shape index (κ1) is 11.2. The summed E-state index contributed by atoms with van der Waals surface area (Å²) in [5.74, 6) is 0. The van der Waals surface area contributed by atoms with Gasteiger partial charge in [-0.05, 0) is 0 Å². The molecule has 5 nitrogen and oxygen atoms in total. The SMILES string of the molecule is C=CN/N=C\N=CN(C)N(C)C=C. The van der Waals surface area contributed by atoms with E-state index in [1.807, 2.05) is 14.1 Å². The minimum atomic E-state index is 1.38. The standard InChI is InChI=1S/C8H15N5/c1-5-10-11-7-9-8-13(4)12(3)6-2/h5-8,10H,1-2H2,3-4H3/b9-8?,11-7-. The van der Waals surface area contributed by atoms with Gasteiger partial charge in [-0.3, -0.25) is 15.4 Å². The molecule has 0 unspecified atom stereocenters. The molecule has 0 aromatic carbocycles. The van der Waals surface area contributed by atoms with Crippen molar-refractivity contribution < 1.29 is 0 Å². The molecule has 72 valence electrons. The average molecular weight is 181 g/mol. The van der Waals surface area contributed by atoms with Crippen molar-refractivity contribution in [1.82, 2.24) is 15.4 Å². The Balaban J connectivity index is 3.82. The molecule has 0 aliphatic heterocycles. The Morgan fingerprint density at radius 2 is 1.92 bits per heavy atom. The Bertz CT molecular complexity index is 209. The van der Waals surface area contributed by atoms with Gasteiger partial charge in [-0.25, -0.2) is 4.99 Å². The predicted octanol–water partition coefficient (Wildman–Crippen LogP) is 0.613. The first-order valence-corrected chi connectivity index (χ1v) is 3.71. The Morgan fingerprint density at radius 3 is 2.46 bits per heavy atom. The van der Waals surface area contributed by atoms with Crippen LogP contribution >= 0.6 is 0 Å². The van der Waals surface area contributed by atoms with Crippen molar-refractivity contribution in [2.45, 2.75) is 0 Å². The molecule has 0 radical (unpaired) electrons. The van der Waals surface area contributed by atoms with E-state index in [-0.39, 0.29) is 0 Å². The maximum atomic E-state index is 3.89. The van der Waals surface area contributed by atoms with Crippen LogP contribution in [0.2, 0.25) is 0 Å². The van der Waals surface area contributed by atoms with Crippen molar-refractivity contribution in [3.05, 3.63) is 25.6 Å². The van der Waals surface area contributed by atoms with E-state index in [1.165, 1.54) is 12.5 Å². The number of hydrogen-bond donors (Lipinski definition) is 1. The van der Waals surface area contributed by atoms with Gasteiger partial charge in [0.1, 0.15) is 12.7 Å². The smallest absolute Gasteiger partial charge is 0.137 e. The third kappa shape index (κ3) is 5.49. The lowest BCUT2D eigenvalue weighted by Gasteiger charge is -2.23. The third-order valence-electron chi connectivity index (χ3n) is 1.29. The maximum absolute atomic E-state index is 3.89. The second kappa shape index (κ2) is 6.90. The summed E-state index contributed by atoms with van der Waals surface area (Å²) in [4.78, 5) is 3.89. The first-order valence-electron chi connectivity index (χ1n) is 3.71. The number of hydrogen-bond acceptors (Lipinski definition) is 3. The van der Waals surface area contributed by atoms with Crippen LogP contribution in [0.25, 0.3) is 0 Å². The molecular weight excluding hydrogens is 166 g/mol. The Hall–Kier alpha value is -1.78. The van der Waals surface area contributed by atoms with E-state index in [0.29, 0.717) is 0 Å². The van der Waals surface area contributed by atoms with Gasteiger partial charge in [0.15, 0.2) is 0 Å². The molecule has 0 aromatic rings. The van der Waals surface area contributed by atoms with Gasteiger partial charge in [-0.1, -0.05) is 13.2 Å². The van der Waals surface area contributed by atoms with Gasteiger partial charge in [-0.15, -0.1) is 0 Å². The largest absolute Gasteiger partial charge is 0.296 e. The highest BCUT2D eigenvalue weighted by atomic mass is 15.6. The van der Waals surface area contributed by atoms with Crippen molar-refractivity contribution >= 4 is 12.7 Å². The predicted molar refractivity (Wildman–Crippen MR) is 56.0 cm³/mol. The molecule has 0 rings (SSSR count). The molecule has 0 saturated heterocycles. The minimum absolute atomic E-state index is 1.38. The van der Waals surface area contributed by atoms with Crippen molar-refractivity contribution in [2.75, 3.05) is 14.1 Å². The minimum Gasteiger partial charge on any atom is -0.296 e. The average Bonchev–Trinajstić information content (AvgIpc) is 2.16. The Morgan fingerprint density at radius 1 is 1.23 bits per heavy atom. The molecule has 0 spiro atoms. The van der Waals surface area contributed by atoms with Crippen LogP contribution in [0.1, 0.15) is 0 Å². The number of hydrazine groups is 1. The summed E-state index contributed by atoms with van der Waals surface area (Å²) in [6, 6.07) is 0. The summed E-state index contributed by atoms with van der Waals surface area (Å²) in [5, 5.41) is 7.22. The zero-order valence-corrected chi connectivity index (χ0v) is 8.01. The van der Waals surface area contributed by atoms with Gasteiger partial charge >= 0.3 is 0 Å². The highest BCUT2D eigenvalue weighted by Crippen LogP contribution is 1.84. The number of hydrazone groups is 1. The van der Waals surface area contributed by atoms with Crippen LogP contribution in [-0.4, -0.2) is 36.8 Å². The monoisotopic (exact) mass is 181 g/mol. The van der Waals surface area contributed by atoms with Crippen LogP contribution in [-0.2, 0) is 0 Å². The van der Waals surface area contributed by atoms with Crippen LogP contribution in [0.4, 0.5) is 0 Å². The molecule has 5 heteroatoms. The zero-order valence-electron chi connectivity index (χ0n) is 8.01. The molecule has 13 heavy (non-hydrogen) atoms. The van der Waals surface area contributed by atoms with E-state index < -0.39 is 0 Å². The van der Waals surface area contributed by atoms with Crippen LogP contribution < -0.4 is 5.43 Å². The molecule has 0 fully saturated rings. The van der Waals surface area contributed by atoms with Gasteiger partial charge in [0.05, 0.1) is 0 Å². The molecule has 0 saturated carbocycles. The van der Waals surface area contributed by atoms with E-state index in [0.717, 1.165) is 0 Å². The molecule has 0 atom stereocenters. The third-order valence-corrected chi connectivity index (χ3v) is 1.29. The van der Waals surface area contributed by atoms with Gasteiger partial charge < -0.3 is 0 Å². The van der Waals surface area contributed by atoms with Crippen molar-refractivity contribution in [3.8, 4) is 0 Å². The molecular formula is C8H15N5. The number of aliphatic imine (C=N–C) groups is 1. The van der Waals surface area contributed by atoms with E-state index in [9.17, 15) is 0 Å². The Kier molecular flexibility index (Phi) is 5.96. The van der Waals surface area contributed by atoms with Crippen LogP contribution in [0, 0.1) is 0 Å². The summed E-state index contributed by atoms with van der Waals surface area (Å²) in [5.41, 5.74) is 2.53. The van der Waals surface area contributed by atoms with Gasteiger partial charge in [0.25, 0.3) is 0 Å². The van der Waals surface area contributed by atoms with Crippen molar-refractivity contribution in [1.29, 1.82) is 0 Å². The Labute approximate surface area is 78.7 Å². The first-order chi connectivity index (χ1) is 6.22. The highest BCUT2D eigenvalue weighted by Gasteiger charge is 1.91. The summed E-state index contributed by atoms with van der Waals surface area (Å²) < 4.78 is 0. The molecule has 0 heterocycles. The maximum Gasteiger partial charge on any atom is 0.137 e. The van der Waals surface area contributed by atoms with E-state index in [2.05, 4.69) is 28.7 Å². The summed E-state index contributed by atoms with van der Waals surface area (Å²) >= 11 is 0. The van der Waals surface area contributed by atoms with Crippen molar-refractivity contribution in [2.24, 2.45) is 10.1 Å². The van der Waals surface area contributed by atoms with Crippen LogP contribution in [0.3, 0.4) is 0 Å². The lowest BCUT2D eigenvalue weighted by molar-refractivity contribution is 0.183. The fraction of sp³-hybridized carbons (Fsp3) is 0.250. The lowest BCUT2D eigenvalue weighted by Crippen LogP contribution is -2.30. The van der Waals surface area contributed by atoms with Crippen LogP contribution in [0.15, 0.2) is 35.7 Å². The molecule has 0 bridgehead atoms. The van der Waals surface area contributed by atoms with Gasteiger partial charge in [-0.2, -0.15) is 5.10 Å². The summed E-state index contributed by atoms with van der Waals surface area (Å²) in [7, 11) is 3.71. The fourth-order valence-electron chi connectivity index (χ4n) is 0.456. The number of rotatable bonds is 6. The van der Waals surface area contributed by atoms with E-state index >= 15 is 0 Å². The van der Waals surface area contributed by atoms with E-state index in [1.54, 1.807) is 22.6 Å². The number of nitrogens with one attached hydrogen (secondary N) is 1. The normalized spacial score (nSPS) is 10.3. The van der Waals surface area contributed by atoms with Crippen molar-refractivity contribution in [3.63, 3.8) is 0 Å². The fourth-order valence-corrected chi connectivity index (χ4v) is 0.456. The zero-order chi connectivity index (χ0) is 10.1. The van der Waals surface area contributed by atoms with Crippen LogP contribution in [0.5, 0.6) is 0 Å². The summed E-state index contributed by atoms with van der Waals surface area (Å²) in [6.45, 7) is 7.03. The molecule has 1 N–H and O–H groups in total. The molecule has 0 amide bonds. The number of nitrogens with zero attached hydrogens (tertiary/aromatic N) is 4. The molecule has 0 aromatic heterocycles. The summed E-state index contributed by atoms with van der Waals surface area (Å²) in [6.07, 6.45) is 6.13. The highest BCUT2D eigenvalue weighted by molar-refractivity contribution is 5.70. The van der Waals surface area contributed by atoms with Gasteiger partial charge in [0.2, 0.25) is 0 Å². The topological polar surface area (TPSA) is 43.2 Å². The molecule has 0 aliphatic carbocycles. The quantitative estimate of drug-likeness (QED) is 0.371. The lowest BCUT2D eigenvalue weighted by atomic mass is 10.9. The van der Waals surface area contributed by atoms with E-state index in [4.69, 9.17) is 0 Å². The second-order valence-electron chi connectivity index (χ2n) is 2.17. The second-order valence-corrected chi connectivity index (χ2v) is 2.17. The molecule has 0 aliphatic rings. The van der Waals surface area contributed by atoms with Gasteiger partial charge in [0, 0.05) is 26.5 Å².